The molecule has 0 aromatic heterocycles. The first-order valence-electron chi connectivity index (χ1n) is 7.20. The molecule has 0 spiro atoms. The molecule has 108 valence electrons. The maximum Gasteiger partial charge on any atom is 0.231 e. The minimum atomic E-state index is 0.0928. The summed E-state index contributed by atoms with van der Waals surface area (Å²) in [4.78, 5) is 11.9. The second-order valence-electron chi connectivity index (χ2n) is 5.26. The van der Waals surface area contributed by atoms with Crippen LogP contribution in [0.5, 0.6) is 11.5 Å². The van der Waals surface area contributed by atoms with Crippen LogP contribution in [0.4, 0.5) is 0 Å². The van der Waals surface area contributed by atoms with Crippen molar-refractivity contribution in [2.24, 2.45) is 0 Å². The maximum absolute atomic E-state index is 11.9. The third kappa shape index (κ3) is 3.04. The molecule has 3 rings (SSSR count). The van der Waals surface area contributed by atoms with Crippen LogP contribution in [0.25, 0.3) is 0 Å². The van der Waals surface area contributed by atoms with Crippen LogP contribution in [0.15, 0.2) is 18.2 Å². The zero-order valence-corrected chi connectivity index (χ0v) is 11.5. The molecule has 1 aromatic carbocycles. The Morgan fingerprint density at radius 3 is 3.20 bits per heavy atom. The molecule has 2 heterocycles. The monoisotopic (exact) mass is 276 g/mol. The Kier molecular flexibility index (Phi) is 4.06. The van der Waals surface area contributed by atoms with Crippen LogP contribution in [0.1, 0.15) is 31.2 Å². The van der Waals surface area contributed by atoms with Crippen molar-refractivity contribution in [3.63, 3.8) is 0 Å². The van der Waals surface area contributed by atoms with Gasteiger partial charge in [-0.3, -0.25) is 4.79 Å². The number of amides is 1. The summed E-state index contributed by atoms with van der Waals surface area (Å²) >= 11 is 0. The fourth-order valence-electron chi connectivity index (χ4n) is 2.72. The van der Waals surface area contributed by atoms with Crippen molar-refractivity contribution in [3.8, 4) is 11.5 Å². The zero-order valence-electron chi connectivity index (χ0n) is 11.5. The molecule has 1 aromatic rings. The summed E-state index contributed by atoms with van der Waals surface area (Å²) in [6.07, 6.45) is 3.90. The first-order valence-corrected chi connectivity index (χ1v) is 7.20. The van der Waals surface area contributed by atoms with Gasteiger partial charge in [-0.2, -0.15) is 0 Å². The number of carbonyl (C=O) groups is 1. The van der Waals surface area contributed by atoms with Crippen LogP contribution in [-0.2, 0) is 11.3 Å². The van der Waals surface area contributed by atoms with E-state index in [-0.39, 0.29) is 12.7 Å². The molecular formula is C15H20N2O3. The quantitative estimate of drug-likeness (QED) is 0.857. The normalized spacial score (nSPS) is 20.1. The Morgan fingerprint density at radius 2 is 2.35 bits per heavy atom. The average Bonchev–Trinajstić information content (AvgIpc) is 3.13. The van der Waals surface area contributed by atoms with E-state index in [0.29, 0.717) is 19.0 Å². The van der Waals surface area contributed by atoms with Gasteiger partial charge in [0.1, 0.15) is 0 Å². The smallest absolute Gasteiger partial charge is 0.231 e. The van der Waals surface area contributed by atoms with Gasteiger partial charge in [-0.15, -0.1) is 0 Å². The molecular weight excluding hydrogens is 256 g/mol. The minimum absolute atomic E-state index is 0.0928. The highest BCUT2D eigenvalue weighted by molar-refractivity contribution is 5.76. The van der Waals surface area contributed by atoms with Crippen LogP contribution >= 0.6 is 0 Å². The highest BCUT2D eigenvalue weighted by Crippen LogP contribution is 2.35. The summed E-state index contributed by atoms with van der Waals surface area (Å²) in [5.74, 6) is 1.60. The van der Waals surface area contributed by atoms with E-state index in [2.05, 4.69) is 10.6 Å². The van der Waals surface area contributed by atoms with Gasteiger partial charge in [-0.25, -0.2) is 0 Å². The predicted octanol–water partition coefficient (Wildman–Crippen LogP) is 1.56. The predicted molar refractivity (Wildman–Crippen MR) is 74.7 cm³/mol. The molecule has 0 saturated carbocycles. The van der Waals surface area contributed by atoms with E-state index in [1.807, 2.05) is 18.2 Å². The van der Waals surface area contributed by atoms with Crippen molar-refractivity contribution in [2.45, 2.75) is 38.3 Å². The van der Waals surface area contributed by atoms with Gasteiger partial charge in [-0.1, -0.05) is 12.1 Å². The summed E-state index contributed by atoms with van der Waals surface area (Å²) in [6.45, 7) is 1.83. The van der Waals surface area contributed by atoms with Gasteiger partial charge in [-0.05, 0) is 31.9 Å². The molecule has 1 unspecified atom stereocenters. The second-order valence-corrected chi connectivity index (χ2v) is 5.26. The van der Waals surface area contributed by atoms with Gasteiger partial charge in [0.15, 0.2) is 11.5 Å². The lowest BCUT2D eigenvalue weighted by molar-refractivity contribution is -0.121. The molecule has 5 nitrogen and oxygen atoms in total. The highest BCUT2D eigenvalue weighted by Gasteiger charge is 2.18. The van der Waals surface area contributed by atoms with E-state index < -0.39 is 0 Å². The van der Waals surface area contributed by atoms with Crippen LogP contribution < -0.4 is 20.1 Å². The summed E-state index contributed by atoms with van der Waals surface area (Å²) in [5.41, 5.74) is 0.965. The van der Waals surface area contributed by atoms with Crippen LogP contribution in [0.2, 0.25) is 0 Å². The second kappa shape index (κ2) is 6.13. The Morgan fingerprint density at radius 1 is 1.40 bits per heavy atom. The third-order valence-corrected chi connectivity index (χ3v) is 3.84. The van der Waals surface area contributed by atoms with Crippen molar-refractivity contribution in [1.82, 2.24) is 10.6 Å². The van der Waals surface area contributed by atoms with Gasteiger partial charge < -0.3 is 20.1 Å². The molecule has 0 bridgehead atoms. The first kappa shape index (κ1) is 13.2. The fraction of sp³-hybridized carbons (Fsp3) is 0.533. The Hall–Kier alpha value is -1.75. The lowest BCUT2D eigenvalue weighted by Crippen LogP contribution is -2.27. The number of fused-ring (bicyclic) bond motifs is 1. The molecule has 5 heteroatoms. The van der Waals surface area contributed by atoms with Crippen molar-refractivity contribution in [3.05, 3.63) is 23.8 Å². The molecule has 1 atom stereocenters. The number of hydrogen-bond donors (Lipinski definition) is 2. The number of para-hydroxylation sites is 1. The standard InChI is InChI=1S/C15H20N2O3/c18-14(7-6-12-4-2-8-16-12)17-9-11-3-1-5-13-15(11)20-10-19-13/h1,3,5,12,16H,2,4,6-10H2,(H,17,18). The highest BCUT2D eigenvalue weighted by atomic mass is 16.7. The van der Waals surface area contributed by atoms with E-state index >= 15 is 0 Å². The van der Waals surface area contributed by atoms with Gasteiger partial charge in [0.25, 0.3) is 0 Å². The maximum atomic E-state index is 11.9. The van der Waals surface area contributed by atoms with E-state index in [0.717, 1.165) is 30.0 Å². The number of ether oxygens (including phenoxy) is 2. The van der Waals surface area contributed by atoms with Gasteiger partial charge in [0.05, 0.1) is 0 Å². The SMILES string of the molecule is O=C(CCC1CCCN1)NCc1cccc2c1OCO2. The van der Waals surface area contributed by atoms with Crippen LogP contribution in [0.3, 0.4) is 0 Å². The third-order valence-electron chi connectivity index (χ3n) is 3.84. The van der Waals surface area contributed by atoms with Crippen LogP contribution in [0, 0.1) is 0 Å². The summed E-state index contributed by atoms with van der Waals surface area (Å²) in [7, 11) is 0. The molecule has 0 radical (unpaired) electrons. The van der Waals surface area contributed by atoms with Crippen molar-refractivity contribution in [2.75, 3.05) is 13.3 Å². The molecule has 1 amide bonds. The molecule has 2 N–H and O–H groups in total. The van der Waals surface area contributed by atoms with Gasteiger partial charge in [0, 0.05) is 24.6 Å². The van der Waals surface area contributed by atoms with Crippen molar-refractivity contribution >= 4 is 5.91 Å². The topological polar surface area (TPSA) is 59.6 Å². The van der Waals surface area contributed by atoms with Gasteiger partial charge >= 0.3 is 0 Å². The zero-order chi connectivity index (χ0) is 13.8. The van der Waals surface area contributed by atoms with Crippen molar-refractivity contribution < 1.29 is 14.3 Å². The number of hydrogen-bond acceptors (Lipinski definition) is 4. The Bertz CT molecular complexity index is 484. The molecule has 2 aliphatic heterocycles. The van der Waals surface area contributed by atoms with Crippen molar-refractivity contribution in [1.29, 1.82) is 0 Å². The Balaban J connectivity index is 1.47. The molecule has 20 heavy (non-hydrogen) atoms. The van der Waals surface area contributed by atoms with Crippen LogP contribution in [-0.4, -0.2) is 25.3 Å². The Labute approximate surface area is 118 Å². The largest absolute Gasteiger partial charge is 0.454 e. The molecule has 1 saturated heterocycles. The summed E-state index contributed by atoms with van der Waals surface area (Å²) < 4.78 is 10.7. The molecule has 0 aliphatic carbocycles. The van der Waals surface area contributed by atoms with Gasteiger partial charge in [0.2, 0.25) is 12.7 Å². The molecule has 2 aliphatic rings. The summed E-state index contributed by atoms with van der Waals surface area (Å²) in [6, 6.07) is 6.25. The lowest BCUT2D eigenvalue weighted by Gasteiger charge is -2.11. The lowest BCUT2D eigenvalue weighted by atomic mass is 10.1. The minimum Gasteiger partial charge on any atom is -0.454 e. The number of nitrogens with one attached hydrogen (secondary N) is 2. The first-order chi connectivity index (χ1) is 9.83. The van der Waals surface area contributed by atoms with E-state index in [9.17, 15) is 4.79 Å². The molecule has 1 fully saturated rings. The number of carbonyl (C=O) groups excluding carboxylic acids is 1. The van der Waals surface area contributed by atoms with E-state index in [1.165, 1.54) is 12.8 Å². The number of benzene rings is 1. The fourth-order valence-corrected chi connectivity index (χ4v) is 2.72. The summed E-state index contributed by atoms with van der Waals surface area (Å²) in [5, 5.41) is 6.35. The van der Waals surface area contributed by atoms with E-state index in [4.69, 9.17) is 9.47 Å². The number of rotatable bonds is 5. The van der Waals surface area contributed by atoms with E-state index in [1.54, 1.807) is 0 Å². The average molecular weight is 276 g/mol.